The molecule has 0 bridgehead atoms. The molecule has 1 rings (SSSR count). The van der Waals surface area contributed by atoms with Gasteiger partial charge in [0, 0.05) is 12.6 Å². The summed E-state index contributed by atoms with van der Waals surface area (Å²) in [6.07, 6.45) is 1.69. The van der Waals surface area contributed by atoms with Crippen LogP contribution in [-0.2, 0) is 4.74 Å². The summed E-state index contributed by atoms with van der Waals surface area (Å²) in [7, 11) is 0. The third-order valence-electron chi connectivity index (χ3n) is 3.40. The summed E-state index contributed by atoms with van der Waals surface area (Å²) in [5, 5.41) is 0. The molecule has 1 saturated heterocycles. The molecule has 0 aromatic rings. The first-order valence-corrected chi connectivity index (χ1v) is 6.36. The highest BCUT2D eigenvalue weighted by atomic mass is 16.6. The Morgan fingerprint density at radius 2 is 2.12 bits per heavy atom. The lowest BCUT2D eigenvalue weighted by atomic mass is 9.77. The second kappa shape index (κ2) is 4.84. The largest absolute Gasteiger partial charge is 0.444 e. The third-order valence-corrected chi connectivity index (χ3v) is 3.40. The van der Waals surface area contributed by atoms with Crippen LogP contribution in [0.15, 0.2) is 0 Å². The molecule has 1 aliphatic rings. The van der Waals surface area contributed by atoms with Gasteiger partial charge >= 0.3 is 6.09 Å². The van der Waals surface area contributed by atoms with Crippen molar-refractivity contribution in [3.05, 3.63) is 0 Å². The van der Waals surface area contributed by atoms with Gasteiger partial charge in [-0.2, -0.15) is 0 Å². The second-order valence-electron chi connectivity index (χ2n) is 6.49. The lowest BCUT2D eigenvalue weighted by molar-refractivity contribution is -0.00144. The summed E-state index contributed by atoms with van der Waals surface area (Å²) in [5.41, 5.74) is 5.53. The molecule has 1 aliphatic heterocycles. The Balaban J connectivity index is 2.61. The van der Waals surface area contributed by atoms with Crippen molar-refractivity contribution in [3.8, 4) is 0 Å². The minimum atomic E-state index is -0.425. The Kier molecular flexibility index (Phi) is 4.07. The van der Waals surface area contributed by atoms with Crippen LogP contribution in [0.5, 0.6) is 0 Å². The number of ether oxygens (including phenoxy) is 1. The minimum absolute atomic E-state index is 0.165. The van der Waals surface area contributed by atoms with Crippen molar-refractivity contribution in [1.29, 1.82) is 0 Å². The lowest BCUT2D eigenvalue weighted by Crippen LogP contribution is -2.51. The maximum Gasteiger partial charge on any atom is 0.410 e. The third kappa shape index (κ3) is 3.87. The maximum atomic E-state index is 12.0. The second-order valence-corrected chi connectivity index (χ2v) is 6.49. The van der Waals surface area contributed by atoms with E-state index in [1.54, 1.807) is 0 Å². The zero-order valence-corrected chi connectivity index (χ0v) is 11.7. The van der Waals surface area contributed by atoms with E-state index in [2.05, 4.69) is 13.8 Å². The van der Waals surface area contributed by atoms with Gasteiger partial charge in [-0.25, -0.2) is 4.79 Å². The first kappa shape index (κ1) is 14.3. The first-order chi connectivity index (χ1) is 7.67. The van der Waals surface area contributed by atoms with E-state index in [4.69, 9.17) is 10.5 Å². The van der Waals surface area contributed by atoms with Gasteiger partial charge in [-0.05, 0) is 52.5 Å². The fourth-order valence-electron chi connectivity index (χ4n) is 2.31. The van der Waals surface area contributed by atoms with Crippen molar-refractivity contribution < 1.29 is 9.53 Å². The molecule has 1 heterocycles. The maximum absolute atomic E-state index is 12.0. The zero-order valence-electron chi connectivity index (χ0n) is 11.7. The van der Waals surface area contributed by atoms with Crippen LogP contribution in [0, 0.1) is 5.41 Å². The van der Waals surface area contributed by atoms with E-state index >= 15 is 0 Å². The monoisotopic (exact) mass is 242 g/mol. The number of nitrogens with zero attached hydrogens (tertiary/aromatic N) is 1. The van der Waals surface area contributed by atoms with Crippen molar-refractivity contribution >= 4 is 6.09 Å². The molecule has 0 radical (unpaired) electrons. The van der Waals surface area contributed by atoms with Gasteiger partial charge in [0.2, 0.25) is 0 Å². The van der Waals surface area contributed by atoms with E-state index in [9.17, 15) is 4.79 Å². The Morgan fingerprint density at radius 3 is 2.53 bits per heavy atom. The summed E-state index contributed by atoms with van der Waals surface area (Å²) < 4.78 is 5.41. The zero-order chi connectivity index (χ0) is 13.3. The number of piperidine rings is 1. The molecule has 0 aliphatic carbocycles. The molecule has 4 heteroatoms. The summed E-state index contributed by atoms with van der Waals surface area (Å²) in [6.45, 7) is 11.4. The number of hydrogen-bond donors (Lipinski definition) is 1. The highest BCUT2D eigenvalue weighted by Gasteiger charge is 2.36. The number of rotatable bonds is 1. The Hall–Kier alpha value is -0.770. The highest BCUT2D eigenvalue weighted by Crippen LogP contribution is 2.33. The molecular formula is C13H26N2O2. The standard InChI is InChI=1S/C13H26N2O2/c1-10-8-13(5,9-14)6-7-15(10)11(16)17-12(2,3)4/h10H,6-9,14H2,1-5H3. The summed E-state index contributed by atoms with van der Waals surface area (Å²) in [6, 6.07) is 0.201. The number of hydrogen-bond acceptors (Lipinski definition) is 3. The van der Waals surface area contributed by atoms with Crippen molar-refractivity contribution in [2.45, 2.75) is 59.1 Å². The summed E-state index contributed by atoms with van der Waals surface area (Å²) in [4.78, 5) is 13.8. The van der Waals surface area contributed by atoms with Crippen LogP contribution >= 0.6 is 0 Å². The van der Waals surface area contributed by atoms with Crippen LogP contribution in [0.4, 0.5) is 4.79 Å². The molecule has 100 valence electrons. The predicted molar refractivity (Wildman–Crippen MR) is 68.8 cm³/mol. The quantitative estimate of drug-likeness (QED) is 0.768. The Bertz CT molecular complexity index is 286. The predicted octanol–water partition coefficient (Wildman–Crippen LogP) is 2.37. The first-order valence-electron chi connectivity index (χ1n) is 6.36. The minimum Gasteiger partial charge on any atom is -0.444 e. The van der Waals surface area contributed by atoms with Gasteiger partial charge < -0.3 is 15.4 Å². The van der Waals surface area contributed by atoms with Crippen molar-refractivity contribution in [1.82, 2.24) is 4.90 Å². The molecule has 0 aromatic carbocycles. The van der Waals surface area contributed by atoms with E-state index in [1.807, 2.05) is 25.7 Å². The fourth-order valence-corrected chi connectivity index (χ4v) is 2.31. The smallest absolute Gasteiger partial charge is 0.410 e. The highest BCUT2D eigenvalue weighted by molar-refractivity contribution is 5.68. The molecule has 4 nitrogen and oxygen atoms in total. The van der Waals surface area contributed by atoms with Crippen LogP contribution in [0.25, 0.3) is 0 Å². The molecule has 1 amide bonds. The van der Waals surface area contributed by atoms with E-state index in [0.29, 0.717) is 6.54 Å². The van der Waals surface area contributed by atoms with Gasteiger partial charge in [0.05, 0.1) is 0 Å². The van der Waals surface area contributed by atoms with Crippen LogP contribution in [0.3, 0.4) is 0 Å². The number of carbonyl (C=O) groups is 1. The number of carbonyl (C=O) groups excluding carboxylic acids is 1. The van der Waals surface area contributed by atoms with E-state index in [-0.39, 0.29) is 17.6 Å². The molecule has 0 spiro atoms. The fraction of sp³-hybridized carbons (Fsp3) is 0.923. The van der Waals surface area contributed by atoms with Gasteiger partial charge in [0.15, 0.2) is 0 Å². The molecule has 2 atom stereocenters. The SMILES string of the molecule is CC1CC(C)(CN)CCN1C(=O)OC(C)(C)C. The Labute approximate surface area is 104 Å². The van der Waals surface area contributed by atoms with E-state index < -0.39 is 5.60 Å². The average molecular weight is 242 g/mol. The van der Waals surface area contributed by atoms with Crippen LogP contribution in [-0.4, -0.2) is 35.7 Å². The van der Waals surface area contributed by atoms with Crippen molar-refractivity contribution in [2.24, 2.45) is 11.1 Å². The number of nitrogens with two attached hydrogens (primary N) is 1. The van der Waals surface area contributed by atoms with Crippen LogP contribution < -0.4 is 5.73 Å². The van der Waals surface area contributed by atoms with Crippen molar-refractivity contribution in [2.75, 3.05) is 13.1 Å². The molecule has 2 N–H and O–H groups in total. The number of amides is 1. The molecule has 0 saturated carbocycles. The molecule has 0 aromatic heterocycles. The van der Waals surface area contributed by atoms with Gasteiger partial charge in [-0.1, -0.05) is 6.92 Å². The van der Waals surface area contributed by atoms with Gasteiger partial charge in [-0.15, -0.1) is 0 Å². The molecule has 1 fully saturated rings. The van der Waals surface area contributed by atoms with Gasteiger partial charge in [-0.3, -0.25) is 0 Å². The molecule has 17 heavy (non-hydrogen) atoms. The van der Waals surface area contributed by atoms with Gasteiger partial charge in [0.1, 0.15) is 5.60 Å². The lowest BCUT2D eigenvalue weighted by Gasteiger charge is -2.43. The van der Waals surface area contributed by atoms with Gasteiger partial charge in [0.25, 0.3) is 0 Å². The van der Waals surface area contributed by atoms with Crippen LogP contribution in [0.1, 0.15) is 47.5 Å². The topological polar surface area (TPSA) is 55.6 Å². The Morgan fingerprint density at radius 1 is 1.53 bits per heavy atom. The number of likely N-dealkylation sites (tertiary alicyclic amines) is 1. The molecule has 2 unspecified atom stereocenters. The van der Waals surface area contributed by atoms with Crippen molar-refractivity contribution in [3.63, 3.8) is 0 Å². The molecular weight excluding hydrogens is 216 g/mol. The normalized spacial score (nSPS) is 30.2. The average Bonchev–Trinajstić information content (AvgIpc) is 2.14. The summed E-state index contributed by atoms with van der Waals surface area (Å²) >= 11 is 0. The van der Waals surface area contributed by atoms with Crippen LogP contribution in [0.2, 0.25) is 0 Å². The van der Waals surface area contributed by atoms with E-state index in [0.717, 1.165) is 19.4 Å². The summed E-state index contributed by atoms with van der Waals surface area (Å²) in [5.74, 6) is 0. The van der Waals surface area contributed by atoms with E-state index in [1.165, 1.54) is 0 Å².